The lowest BCUT2D eigenvalue weighted by atomic mass is 10.2. The van der Waals surface area contributed by atoms with Crippen molar-refractivity contribution in [1.29, 1.82) is 0 Å². The third-order valence-corrected chi connectivity index (χ3v) is 6.29. The molecule has 1 saturated carbocycles. The maximum absolute atomic E-state index is 13.1. The van der Waals surface area contributed by atoms with Crippen molar-refractivity contribution in [1.82, 2.24) is 9.21 Å². The lowest BCUT2D eigenvalue weighted by molar-refractivity contribution is 0.282. The van der Waals surface area contributed by atoms with Gasteiger partial charge in [0.05, 0.1) is 4.90 Å². The molecule has 0 heterocycles. The fourth-order valence-corrected chi connectivity index (χ4v) is 4.87. The fraction of sp³-hybridized carbons (Fsp3) is 0.625. The molecule has 0 bridgehead atoms. The SMILES string of the molecule is Cc1ccccc1S(=O)(=O)N(CCN(C)C)C1CCCC1. The highest BCUT2D eigenvalue weighted by atomic mass is 32.2. The Bertz CT molecular complexity index is 563. The normalized spacial score (nSPS) is 17.0. The third kappa shape index (κ3) is 3.84. The number of benzene rings is 1. The monoisotopic (exact) mass is 310 g/mol. The van der Waals surface area contributed by atoms with Gasteiger partial charge in [-0.05, 0) is 45.5 Å². The number of rotatable bonds is 6. The summed E-state index contributed by atoms with van der Waals surface area (Å²) in [5.41, 5.74) is 0.824. The Morgan fingerprint density at radius 3 is 2.29 bits per heavy atom. The van der Waals surface area contributed by atoms with Gasteiger partial charge in [-0.1, -0.05) is 31.0 Å². The summed E-state index contributed by atoms with van der Waals surface area (Å²) in [6, 6.07) is 7.44. The van der Waals surface area contributed by atoms with E-state index in [0.29, 0.717) is 11.4 Å². The second-order valence-electron chi connectivity index (χ2n) is 6.12. The summed E-state index contributed by atoms with van der Waals surface area (Å²) in [5, 5.41) is 0. The molecule has 1 aliphatic carbocycles. The maximum Gasteiger partial charge on any atom is 0.243 e. The van der Waals surface area contributed by atoms with Crippen LogP contribution in [0.4, 0.5) is 0 Å². The van der Waals surface area contributed by atoms with Crippen LogP contribution in [-0.4, -0.2) is 50.8 Å². The molecule has 0 saturated heterocycles. The second kappa shape index (κ2) is 6.90. The van der Waals surface area contributed by atoms with E-state index in [1.54, 1.807) is 16.4 Å². The van der Waals surface area contributed by atoms with Crippen molar-refractivity contribution in [2.45, 2.75) is 43.5 Å². The Morgan fingerprint density at radius 2 is 1.71 bits per heavy atom. The van der Waals surface area contributed by atoms with Crippen LogP contribution in [0.25, 0.3) is 0 Å². The molecule has 5 heteroatoms. The smallest absolute Gasteiger partial charge is 0.243 e. The molecule has 2 rings (SSSR count). The van der Waals surface area contributed by atoms with Crippen molar-refractivity contribution in [2.75, 3.05) is 27.2 Å². The molecule has 1 aliphatic rings. The minimum atomic E-state index is -3.40. The number of nitrogens with zero attached hydrogens (tertiary/aromatic N) is 2. The molecule has 0 amide bonds. The number of aryl methyl sites for hydroxylation is 1. The first-order valence-corrected chi connectivity index (χ1v) is 9.09. The maximum atomic E-state index is 13.1. The van der Waals surface area contributed by atoms with Gasteiger partial charge in [0.25, 0.3) is 0 Å². The molecule has 0 aliphatic heterocycles. The predicted molar refractivity (Wildman–Crippen MR) is 85.9 cm³/mol. The van der Waals surface area contributed by atoms with E-state index >= 15 is 0 Å². The van der Waals surface area contributed by atoms with Crippen LogP contribution in [0.15, 0.2) is 29.2 Å². The predicted octanol–water partition coefficient (Wildman–Crippen LogP) is 2.49. The van der Waals surface area contributed by atoms with E-state index in [2.05, 4.69) is 0 Å². The lowest BCUT2D eigenvalue weighted by Gasteiger charge is -2.29. The van der Waals surface area contributed by atoms with Gasteiger partial charge in [-0.25, -0.2) is 8.42 Å². The molecule has 1 fully saturated rings. The Balaban J connectivity index is 2.32. The Kier molecular flexibility index (Phi) is 5.41. The molecular weight excluding hydrogens is 284 g/mol. The first-order valence-electron chi connectivity index (χ1n) is 7.65. The van der Waals surface area contributed by atoms with Crippen LogP contribution in [0.2, 0.25) is 0 Å². The molecule has 1 aromatic carbocycles. The van der Waals surface area contributed by atoms with Gasteiger partial charge in [0, 0.05) is 19.1 Å². The highest BCUT2D eigenvalue weighted by Crippen LogP contribution is 2.29. The molecule has 4 nitrogen and oxygen atoms in total. The topological polar surface area (TPSA) is 40.6 Å². The summed E-state index contributed by atoms with van der Waals surface area (Å²) in [5.74, 6) is 0. The van der Waals surface area contributed by atoms with Gasteiger partial charge in [-0.3, -0.25) is 0 Å². The average Bonchev–Trinajstić information content (AvgIpc) is 2.92. The fourth-order valence-electron chi connectivity index (χ4n) is 2.96. The van der Waals surface area contributed by atoms with Gasteiger partial charge in [0.2, 0.25) is 10.0 Å². The molecule has 118 valence electrons. The summed E-state index contributed by atoms with van der Waals surface area (Å²) in [6.45, 7) is 3.18. The average molecular weight is 310 g/mol. The van der Waals surface area contributed by atoms with Crippen molar-refractivity contribution in [2.24, 2.45) is 0 Å². The number of likely N-dealkylation sites (N-methyl/N-ethyl adjacent to an activating group) is 1. The van der Waals surface area contributed by atoms with Gasteiger partial charge in [-0.2, -0.15) is 4.31 Å². The summed E-state index contributed by atoms with van der Waals surface area (Å²) in [6.07, 6.45) is 4.23. The van der Waals surface area contributed by atoms with Gasteiger partial charge in [0.1, 0.15) is 0 Å². The number of hydrogen-bond acceptors (Lipinski definition) is 3. The Labute approximate surface area is 128 Å². The van der Waals surface area contributed by atoms with Crippen LogP contribution in [-0.2, 0) is 10.0 Å². The van der Waals surface area contributed by atoms with E-state index in [-0.39, 0.29) is 6.04 Å². The van der Waals surface area contributed by atoms with Crippen molar-refractivity contribution >= 4 is 10.0 Å². The molecule has 0 atom stereocenters. The molecule has 21 heavy (non-hydrogen) atoms. The molecule has 0 spiro atoms. The van der Waals surface area contributed by atoms with E-state index in [1.807, 2.05) is 38.1 Å². The minimum absolute atomic E-state index is 0.162. The van der Waals surface area contributed by atoms with Crippen LogP contribution >= 0.6 is 0 Å². The molecule has 0 radical (unpaired) electrons. The van der Waals surface area contributed by atoms with Crippen LogP contribution in [0.1, 0.15) is 31.2 Å². The molecule has 0 unspecified atom stereocenters. The van der Waals surface area contributed by atoms with E-state index in [9.17, 15) is 8.42 Å². The summed E-state index contributed by atoms with van der Waals surface area (Å²) >= 11 is 0. The van der Waals surface area contributed by atoms with Gasteiger partial charge in [0.15, 0.2) is 0 Å². The summed E-state index contributed by atoms with van der Waals surface area (Å²) < 4.78 is 27.9. The summed E-state index contributed by atoms with van der Waals surface area (Å²) in [4.78, 5) is 2.49. The van der Waals surface area contributed by atoms with E-state index in [0.717, 1.165) is 37.8 Å². The van der Waals surface area contributed by atoms with Gasteiger partial charge >= 0.3 is 0 Å². The number of hydrogen-bond donors (Lipinski definition) is 0. The van der Waals surface area contributed by atoms with E-state index in [4.69, 9.17) is 0 Å². The van der Waals surface area contributed by atoms with E-state index < -0.39 is 10.0 Å². The highest BCUT2D eigenvalue weighted by Gasteiger charge is 2.33. The first kappa shape index (κ1) is 16.5. The molecule has 1 aromatic rings. The van der Waals surface area contributed by atoms with Crippen molar-refractivity contribution in [3.05, 3.63) is 29.8 Å². The van der Waals surface area contributed by atoms with Crippen LogP contribution < -0.4 is 0 Å². The van der Waals surface area contributed by atoms with Crippen molar-refractivity contribution in [3.8, 4) is 0 Å². The Morgan fingerprint density at radius 1 is 1.10 bits per heavy atom. The first-order chi connectivity index (χ1) is 9.93. The zero-order valence-corrected chi connectivity index (χ0v) is 14.1. The summed E-state index contributed by atoms with van der Waals surface area (Å²) in [7, 11) is 0.555. The largest absolute Gasteiger partial charge is 0.308 e. The zero-order valence-electron chi connectivity index (χ0n) is 13.2. The number of sulfonamides is 1. The Hall–Kier alpha value is -0.910. The molecular formula is C16H26N2O2S. The molecule has 0 aromatic heterocycles. The van der Waals surface area contributed by atoms with Crippen LogP contribution in [0.3, 0.4) is 0 Å². The van der Waals surface area contributed by atoms with Gasteiger partial charge < -0.3 is 4.90 Å². The van der Waals surface area contributed by atoms with Gasteiger partial charge in [-0.15, -0.1) is 0 Å². The quantitative estimate of drug-likeness (QED) is 0.810. The van der Waals surface area contributed by atoms with Crippen molar-refractivity contribution < 1.29 is 8.42 Å². The van der Waals surface area contributed by atoms with Crippen LogP contribution in [0, 0.1) is 6.92 Å². The zero-order chi connectivity index (χ0) is 15.5. The van der Waals surface area contributed by atoms with Crippen molar-refractivity contribution in [3.63, 3.8) is 0 Å². The lowest BCUT2D eigenvalue weighted by Crippen LogP contribution is -2.42. The van der Waals surface area contributed by atoms with E-state index in [1.165, 1.54) is 0 Å². The minimum Gasteiger partial charge on any atom is -0.308 e. The second-order valence-corrected chi connectivity index (χ2v) is 7.98. The standard InChI is InChI=1S/C16H26N2O2S/c1-14-8-4-7-11-16(14)21(19,20)18(13-12-17(2)3)15-9-5-6-10-15/h4,7-8,11,15H,5-6,9-10,12-13H2,1-3H3. The van der Waals surface area contributed by atoms with Crippen LogP contribution in [0.5, 0.6) is 0 Å². The highest BCUT2D eigenvalue weighted by molar-refractivity contribution is 7.89. The molecule has 0 N–H and O–H groups in total. The third-order valence-electron chi connectivity index (χ3n) is 4.18.